The molecule has 0 saturated heterocycles. The molecule has 31 heavy (non-hydrogen) atoms. The minimum Gasteiger partial charge on any atom is -0.726 e. The summed E-state index contributed by atoms with van der Waals surface area (Å²) in [5.41, 5.74) is 0. The van der Waals surface area contributed by atoms with E-state index in [4.69, 9.17) is 4.18 Å². The maximum absolute atomic E-state index is 11.0. The summed E-state index contributed by atoms with van der Waals surface area (Å²) in [7, 11) is -4.60. The van der Waals surface area contributed by atoms with Gasteiger partial charge in [-0.2, -0.15) is 0 Å². The van der Waals surface area contributed by atoms with Crippen LogP contribution in [0.5, 0.6) is 0 Å². The fourth-order valence-corrected chi connectivity index (χ4v) is 4.57. The summed E-state index contributed by atoms with van der Waals surface area (Å²) in [5.74, 6) is 0.865. The van der Waals surface area contributed by atoms with Crippen molar-refractivity contribution in [3.05, 3.63) is 0 Å². The van der Waals surface area contributed by atoms with Crippen molar-refractivity contribution >= 4 is 10.4 Å². The van der Waals surface area contributed by atoms with Gasteiger partial charge in [-0.1, -0.05) is 136 Å². The number of rotatable bonds is 23. The largest absolute Gasteiger partial charge is 1.00 e. The Morgan fingerprint density at radius 1 is 0.645 bits per heavy atom. The Kier molecular flexibility index (Phi) is 26.4. The minimum absolute atomic E-state index is 0. The maximum Gasteiger partial charge on any atom is 1.00 e. The van der Waals surface area contributed by atoms with E-state index in [1.807, 2.05) is 0 Å². The van der Waals surface area contributed by atoms with Gasteiger partial charge in [0.2, 0.25) is 10.4 Å². The molecular formula is C25H51NaO4S. The van der Waals surface area contributed by atoms with Crippen LogP contribution in [0.1, 0.15) is 149 Å². The Morgan fingerprint density at radius 2 is 1.00 bits per heavy atom. The smallest absolute Gasteiger partial charge is 0.726 e. The first-order valence-electron chi connectivity index (χ1n) is 13.0. The summed E-state index contributed by atoms with van der Waals surface area (Å²) < 4.78 is 37.9. The van der Waals surface area contributed by atoms with Gasteiger partial charge in [-0.05, 0) is 18.8 Å². The van der Waals surface area contributed by atoms with Crippen LogP contribution in [0.2, 0.25) is 0 Å². The molecule has 0 N–H and O–H groups in total. The molecule has 4 nitrogen and oxygen atoms in total. The predicted octanol–water partition coefficient (Wildman–Crippen LogP) is 5.31. The first-order chi connectivity index (χ1) is 14.4. The van der Waals surface area contributed by atoms with Crippen LogP contribution in [0.15, 0.2) is 0 Å². The number of unbranched alkanes of at least 4 members (excludes halogenated alkanes) is 14. The molecule has 6 heteroatoms. The molecule has 0 bridgehead atoms. The average molecular weight is 471 g/mol. The molecule has 0 aliphatic rings. The monoisotopic (exact) mass is 470 g/mol. The van der Waals surface area contributed by atoms with E-state index < -0.39 is 16.5 Å². The van der Waals surface area contributed by atoms with E-state index in [1.165, 1.54) is 89.9 Å². The zero-order valence-corrected chi connectivity index (χ0v) is 24.2. The Balaban J connectivity index is 0. The van der Waals surface area contributed by atoms with Gasteiger partial charge in [-0.25, -0.2) is 8.42 Å². The third-order valence-electron chi connectivity index (χ3n) is 6.30. The Hall–Kier alpha value is 0.870. The summed E-state index contributed by atoms with van der Waals surface area (Å²) in [6, 6.07) is 0. The van der Waals surface area contributed by atoms with Gasteiger partial charge in [0.05, 0.1) is 6.10 Å². The molecule has 0 spiro atoms. The Bertz CT molecular complexity index is 456. The van der Waals surface area contributed by atoms with Gasteiger partial charge >= 0.3 is 29.6 Å². The van der Waals surface area contributed by atoms with Gasteiger partial charge in [0.15, 0.2) is 0 Å². The van der Waals surface area contributed by atoms with Crippen molar-refractivity contribution in [3.8, 4) is 0 Å². The topological polar surface area (TPSA) is 66.4 Å². The molecule has 0 aliphatic heterocycles. The molecule has 2 unspecified atom stereocenters. The minimum atomic E-state index is -4.60. The third kappa shape index (κ3) is 27.0. The van der Waals surface area contributed by atoms with Crippen LogP contribution in [0, 0.1) is 5.92 Å². The van der Waals surface area contributed by atoms with Crippen LogP contribution < -0.4 is 29.6 Å². The van der Waals surface area contributed by atoms with Crippen molar-refractivity contribution in [2.24, 2.45) is 5.92 Å². The van der Waals surface area contributed by atoms with E-state index in [9.17, 15) is 13.0 Å². The van der Waals surface area contributed by atoms with E-state index in [1.54, 1.807) is 0 Å². The molecule has 2 atom stereocenters. The SMILES string of the molecule is CCCCCCCCCCC(CCCCCCCCCCC(C)CC)OS(=O)(=O)[O-].[Na+]. The summed E-state index contributed by atoms with van der Waals surface area (Å²) >= 11 is 0. The van der Waals surface area contributed by atoms with Gasteiger partial charge in [0.1, 0.15) is 0 Å². The van der Waals surface area contributed by atoms with Crippen molar-refractivity contribution in [1.82, 2.24) is 0 Å². The molecular weight excluding hydrogens is 419 g/mol. The van der Waals surface area contributed by atoms with Crippen molar-refractivity contribution in [2.45, 2.75) is 155 Å². The molecule has 0 rings (SSSR count). The van der Waals surface area contributed by atoms with Crippen LogP contribution in [0.3, 0.4) is 0 Å². The molecule has 0 aromatic carbocycles. The molecule has 0 heterocycles. The summed E-state index contributed by atoms with van der Waals surface area (Å²) in [6.07, 6.45) is 23.1. The van der Waals surface area contributed by atoms with Gasteiger partial charge in [-0.3, -0.25) is 4.18 Å². The molecule has 0 saturated carbocycles. The fourth-order valence-electron chi connectivity index (χ4n) is 4.04. The first-order valence-corrected chi connectivity index (χ1v) is 14.4. The molecule has 0 aromatic rings. The second kappa shape index (κ2) is 24.0. The van der Waals surface area contributed by atoms with E-state index >= 15 is 0 Å². The van der Waals surface area contributed by atoms with Crippen LogP contribution in [0.25, 0.3) is 0 Å². The van der Waals surface area contributed by atoms with Crippen LogP contribution >= 0.6 is 0 Å². The molecule has 0 fully saturated rings. The zero-order valence-electron chi connectivity index (χ0n) is 21.3. The van der Waals surface area contributed by atoms with Crippen molar-refractivity contribution in [1.29, 1.82) is 0 Å². The van der Waals surface area contributed by atoms with Crippen molar-refractivity contribution in [3.63, 3.8) is 0 Å². The number of hydrogen-bond acceptors (Lipinski definition) is 4. The summed E-state index contributed by atoms with van der Waals surface area (Å²) in [4.78, 5) is 0. The van der Waals surface area contributed by atoms with Gasteiger partial charge in [0, 0.05) is 0 Å². The van der Waals surface area contributed by atoms with Crippen LogP contribution in [0.4, 0.5) is 0 Å². The molecule has 0 aliphatic carbocycles. The van der Waals surface area contributed by atoms with E-state index in [0.29, 0.717) is 12.8 Å². The van der Waals surface area contributed by atoms with Crippen molar-refractivity contribution in [2.75, 3.05) is 0 Å². The van der Waals surface area contributed by atoms with Gasteiger partial charge in [-0.15, -0.1) is 0 Å². The molecule has 182 valence electrons. The average Bonchev–Trinajstić information content (AvgIpc) is 2.69. The van der Waals surface area contributed by atoms with E-state index in [0.717, 1.165) is 31.6 Å². The quantitative estimate of drug-likeness (QED) is 0.0878. The summed E-state index contributed by atoms with van der Waals surface area (Å²) in [5, 5.41) is 0. The Labute approximate surface area is 217 Å². The molecule has 0 radical (unpaired) electrons. The van der Waals surface area contributed by atoms with Crippen LogP contribution in [-0.2, 0) is 14.6 Å². The Morgan fingerprint density at radius 3 is 1.35 bits per heavy atom. The van der Waals surface area contributed by atoms with Crippen molar-refractivity contribution < 1.29 is 46.7 Å². The second-order valence-electron chi connectivity index (χ2n) is 9.31. The third-order valence-corrected chi connectivity index (χ3v) is 6.81. The first kappa shape index (κ1) is 34.0. The summed E-state index contributed by atoms with van der Waals surface area (Å²) in [6.45, 7) is 6.83. The molecule has 0 aromatic heterocycles. The fraction of sp³-hybridized carbons (Fsp3) is 1.00. The maximum atomic E-state index is 11.0. The van der Waals surface area contributed by atoms with E-state index in [2.05, 4.69) is 20.8 Å². The second-order valence-corrected chi connectivity index (χ2v) is 10.3. The predicted molar refractivity (Wildman–Crippen MR) is 127 cm³/mol. The van der Waals surface area contributed by atoms with E-state index in [-0.39, 0.29) is 29.6 Å². The molecule has 0 amide bonds. The number of hydrogen-bond donors (Lipinski definition) is 0. The zero-order chi connectivity index (χ0) is 22.5. The standard InChI is InChI=1S/C25H52O4S.Na/c1-4-6-7-8-9-13-16-19-22-25(29-30(26,27)28)23-20-17-14-11-10-12-15-18-21-24(3)5-2;/h24-25H,4-23H2,1-3H3,(H,26,27,28);/q;+1/p-1. The van der Waals surface area contributed by atoms with Crippen LogP contribution in [-0.4, -0.2) is 19.1 Å². The van der Waals surface area contributed by atoms with Gasteiger partial charge in [0.25, 0.3) is 0 Å². The van der Waals surface area contributed by atoms with Gasteiger partial charge < -0.3 is 4.55 Å². The normalized spacial score (nSPS) is 13.7.